The van der Waals surface area contributed by atoms with Gasteiger partial charge in [0.1, 0.15) is 6.04 Å². The van der Waals surface area contributed by atoms with Crippen LogP contribution < -0.4 is 5.73 Å². The van der Waals surface area contributed by atoms with E-state index in [-0.39, 0.29) is 0 Å². The summed E-state index contributed by atoms with van der Waals surface area (Å²) >= 11 is 0. The predicted octanol–water partition coefficient (Wildman–Crippen LogP) is 2.13. The molecule has 0 aliphatic rings. The van der Waals surface area contributed by atoms with Crippen molar-refractivity contribution >= 4 is 0 Å². The zero-order valence-corrected chi connectivity index (χ0v) is 6.75. The summed E-state index contributed by atoms with van der Waals surface area (Å²) in [5, 5.41) is 0. The molecule has 1 aromatic carbocycles. The van der Waals surface area contributed by atoms with Gasteiger partial charge in [0.15, 0.2) is 0 Å². The Kier molecular flexibility index (Phi) is 2.93. The minimum atomic E-state index is -4.37. The quantitative estimate of drug-likeness (QED) is 0.755. The Morgan fingerprint density at radius 2 is 1.69 bits per heavy atom. The maximum absolute atomic E-state index is 12.0. The standard InChI is InChI=1S/C9H9F3N/c10-9(11,12)8(13)6-7-4-2-1-3-5-7/h1-6,8H,13H2. The van der Waals surface area contributed by atoms with Gasteiger partial charge < -0.3 is 5.73 Å². The molecule has 0 amide bonds. The Morgan fingerprint density at radius 3 is 2.15 bits per heavy atom. The minimum Gasteiger partial charge on any atom is -0.320 e. The van der Waals surface area contributed by atoms with Crippen LogP contribution in [-0.4, -0.2) is 12.2 Å². The minimum absolute atomic E-state index is 0.479. The summed E-state index contributed by atoms with van der Waals surface area (Å²) in [5.74, 6) is 0. The van der Waals surface area contributed by atoms with Crippen LogP contribution in [0, 0.1) is 6.42 Å². The fraction of sp³-hybridized carbons (Fsp3) is 0.222. The van der Waals surface area contributed by atoms with Crippen LogP contribution >= 0.6 is 0 Å². The summed E-state index contributed by atoms with van der Waals surface area (Å²) < 4.78 is 35.9. The van der Waals surface area contributed by atoms with E-state index in [9.17, 15) is 13.2 Å². The molecular weight excluding hydrogens is 179 g/mol. The van der Waals surface area contributed by atoms with Crippen LogP contribution in [0.5, 0.6) is 0 Å². The summed E-state index contributed by atoms with van der Waals surface area (Å²) in [7, 11) is 0. The van der Waals surface area contributed by atoms with Crippen LogP contribution in [-0.2, 0) is 0 Å². The maximum atomic E-state index is 12.0. The zero-order valence-electron chi connectivity index (χ0n) is 6.75. The molecule has 0 fully saturated rings. The van der Waals surface area contributed by atoms with Gasteiger partial charge >= 0.3 is 6.18 Å². The number of nitrogens with two attached hydrogens (primary N) is 1. The van der Waals surface area contributed by atoms with Crippen molar-refractivity contribution in [2.24, 2.45) is 5.73 Å². The second-order valence-electron chi connectivity index (χ2n) is 2.64. The Bertz CT molecular complexity index is 255. The molecule has 0 bridgehead atoms. The summed E-state index contributed by atoms with van der Waals surface area (Å²) in [4.78, 5) is 0. The van der Waals surface area contributed by atoms with Crippen LogP contribution in [0.25, 0.3) is 0 Å². The third-order valence-corrected chi connectivity index (χ3v) is 1.55. The van der Waals surface area contributed by atoms with Gasteiger partial charge in [0.2, 0.25) is 0 Å². The molecule has 0 aliphatic carbocycles. The van der Waals surface area contributed by atoms with E-state index in [1.165, 1.54) is 0 Å². The number of alkyl halides is 3. The smallest absolute Gasteiger partial charge is 0.320 e. The van der Waals surface area contributed by atoms with Crippen molar-refractivity contribution in [2.45, 2.75) is 12.2 Å². The Labute approximate surface area is 74.4 Å². The first-order valence-electron chi connectivity index (χ1n) is 3.72. The summed E-state index contributed by atoms with van der Waals surface area (Å²) in [6, 6.07) is 6.31. The molecule has 4 heteroatoms. The van der Waals surface area contributed by atoms with Crippen molar-refractivity contribution in [3.05, 3.63) is 42.3 Å². The lowest BCUT2D eigenvalue weighted by atomic mass is 10.1. The summed E-state index contributed by atoms with van der Waals surface area (Å²) in [5.41, 5.74) is 5.38. The van der Waals surface area contributed by atoms with Gasteiger partial charge in [-0.15, -0.1) is 0 Å². The number of benzene rings is 1. The number of hydrogen-bond acceptors (Lipinski definition) is 1. The second-order valence-corrected chi connectivity index (χ2v) is 2.64. The molecule has 1 rings (SSSR count). The van der Waals surface area contributed by atoms with E-state index in [1.807, 2.05) is 0 Å². The van der Waals surface area contributed by atoms with E-state index >= 15 is 0 Å². The molecule has 1 aromatic rings. The first kappa shape index (κ1) is 10.1. The molecule has 0 aliphatic heterocycles. The van der Waals surface area contributed by atoms with Crippen LogP contribution in [0.15, 0.2) is 30.3 Å². The van der Waals surface area contributed by atoms with E-state index in [2.05, 4.69) is 0 Å². The van der Waals surface area contributed by atoms with Gasteiger partial charge in [0.05, 0.1) is 0 Å². The van der Waals surface area contributed by atoms with Crippen molar-refractivity contribution in [3.63, 3.8) is 0 Å². The van der Waals surface area contributed by atoms with Gasteiger partial charge in [-0.1, -0.05) is 30.3 Å². The average molecular weight is 188 g/mol. The highest BCUT2D eigenvalue weighted by atomic mass is 19.4. The van der Waals surface area contributed by atoms with Crippen molar-refractivity contribution in [1.82, 2.24) is 0 Å². The molecule has 1 radical (unpaired) electrons. The van der Waals surface area contributed by atoms with E-state index in [4.69, 9.17) is 5.73 Å². The van der Waals surface area contributed by atoms with Gasteiger partial charge in [0.25, 0.3) is 0 Å². The lowest BCUT2D eigenvalue weighted by Crippen LogP contribution is -2.37. The molecule has 1 nitrogen and oxygen atoms in total. The van der Waals surface area contributed by atoms with E-state index in [1.54, 1.807) is 30.3 Å². The molecule has 2 N–H and O–H groups in total. The van der Waals surface area contributed by atoms with Crippen LogP contribution in [0.3, 0.4) is 0 Å². The molecule has 71 valence electrons. The van der Waals surface area contributed by atoms with Crippen molar-refractivity contribution < 1.29 is 13.2 Å². The molecule has 0 aromatic heterocycles. The third-order valence-electron chi connectivity index (χ3n) is 1.55. The molecule has 0 heterocycles. The van der Waals surface area contributed by atoms with Gasteiger partial charge in [0, 0.05) is 6.42 Å². The molecule has 13 heavy (non-hydrogen) atoms. The second kappa shape index (κ2) is 3.79. The highest BCUT2D eigenvalue weighted by Gasteiger charge is 2.36. The van der Waals surface area contributed by atoms with E-state index in [0.29, 0.717) is 5.56 Å². The Balaban J connectivity index is 2.61. The van der Waals surface area contributed by atoms with E-state index in [0.717, 1.165) is 6.42 Å². The van der Waals surface area contributed by atoms with Crippen LogP contribution in [0.4, 0.5) is 13.2 Å². The largest absolute Gasteiger partial charge is 0.404 e. The van der Waals surface area contributed by atoms with Gasteiger partial charge in [-0.05, 0) is 5.56 Å². The first-order chi connectivity index (χ1) is 6.00. The number of hydrogen-bond donors (Lipinski definition) is 1. The lowest BCUT2D eigenvalue weighted by molar-refractivity contribution is -0.139. The van der Waals surface area contributed by atoms with Gasteiger partial charge in [-0.25, -0.2) is 0 Å². The zero-order chi connectivity index (χ0) is 9.90. The van der Waals surface area contributed by atoms with Crippen molar-refractivity contribution in [2.75, 3.05) is 0 Å². The molecule has 0 saturated carbocycles. The van der Waals surface area contributed by atoms with Gasteiger partial charge in [-0.2, -0.15) is 13.2 Å². The Morgan fingerprint density at radius 1 is 1.15 bits per heavy atom. The average Bonchev–Trinajstić information content (AvgIpc) is 2.04. The molecule has 1 atom stereocenters. The Hall–Kier alpha value is -1.03. The summed E-state index contributed by atoms with van der Waals surface area (Å²) in [6.07, 6.45) is -3.38. The normalized spacial score (nSPS) is 14.2. The highest BCUT2D eigenvalue weighted by molar-refractivity contribution is 5.25. The van der Waals surface area contributed by atoms with Crippen LogP contribution in [0.1, 0.15) is 5.56 Å². The summed E-state index contributed by atoms with van der Waals surface area (Å²) in [6.45, 7) is 0. The predicted molar refractivity (Wildman–Crippen MR) is 43.9 cm³/mol. The maximum Gasteiger partial charge on any atom is 0.404 e. The number of halogens is 3. The lowest BCUT2D eigenvalue weighted by Gasteiger charge is -2.14. The monoisotopic (exact) mass is 188 g/mol. The molecule has 0 spiro atoms. The first-order valence-corrected chi connectivity index (χ1v) is 3.72. The van der Waals surface area contributed by atoms with Gasteiger partial charge in [-0.3, -0.25) is 0 Å². The SMILES string of the molecule is NC([CH]c1ccccc1)C(F)(F)F. The fourth-order valence-corrected chi connectivity index (χ4v) is 0.866. The topological polar surface area (TPSA) is 26.0 Å². The molecular formula is C9H9F3N. The van der Waals surface area contributed by atoms with E-state index < -0.39 is 12.2 Å². The van der Waals surface area contributed by atoms with Crippen LogP contribution in [0.2, 0.25) is 0 Å². The molecule has 0 saturated heterocycles. The molecule has 1 unspecified atom stereocenters. The fourth-order valence-electron chi connectivity index (χ4n) is 0.866. The number of rotatable bonds is 2. The highest BCUT2D eigenvalue weighted by Crippen LogP contribution is 2.22. The third kappa shape index (κ3) is 3.06. The van der Waals surface area contributed by atoms with Crippen molar-refractivity contribution in [1.29, 1.82) is 0 Å². The van der Waals surface area contributed by atoms with Crippen molar-refractivity contribution in [3.8, 4) is 0 Å².